The summed E-state index contributed by atoms with van der Waals surface area (Å²) in [6, 6.07) is 12.7. The Bertz CT molecular complexity index is 835. The molecular weight excluding hydrogens is 364 g/mol. The van der Waals surface area contributed by atoms with Crippen LogP contribution in [0.3, 0.4) is 0 Å². The molecule has 8 heteroatoms. The van der Waals surface area contributed by atoms with Crippen LogP contribution in [-0.2, 0) is 9.53 Å². The number of morpholine rings is 1. The minimum Gasteiger partial charge on any atom is -0.481 e. The van der Waals surface area contributed by atoms with Gasteiger partial charge in [-0.3, -0.25) is 4.79 Å². The van der Waals surface area contributed by atoms with Gasteiger partial charge in [-0.15, -0.1) is 11.3 Å². The molecule has 27 heavy (non-hydrogen) atoms. The van der Waals surface area contributed by atoms with E-state index in [9.17, 15) is 4.79 Å². The van der Waals surface area contributed by atoms with Crippen molar-refractivity contribution in [1.82, 2.24) is 5.43 Å². The summed E-state index contributed by atoms with van der Waals surface area (Å²) in [5.41, 5.74) is 3.03. The average molecular weight is 384 g/mol. The molecule has 3 rings (SSSR count). The van der Waals surface area contributed by atoms with Gasteiger partial charge in [-0.05, 0) is 43.3 Å². The Morgan fingerprint density at radius 2 is 2.07 bits per heavy atom. The average Bonchev–Trinajstić information content (AvgIpc) is 3.18. The number of carbonyl (C=O) groups is 1. The highest BCUT2D eigenvalue weighted by Crippen LogP contribution is 2.25. The molecule has 1 aromatic heterocycles. The lowest BCUT2D eigenvalue weighted by atomic mass is 10.2. The van der Waals surface area contributed by atoms with Crippen LogP contribution in [0.5, 0.6) is 5.75 Å². The molecule has 2 aromatic rings. The number of hydrogen-bond acceptors (Lipinski definition) is 7. The second-order valence-corrected chi connectivity index (χ2v) is 7.00. The number of hydrogen-bond donors (Lipinski definition) is 1. The first-order valence-corrected chi connectivity index (χ1v) is 9.39. The number of carbonyl (C=O) groups excluding carboxylic acids is 1. The van der Waals surface area contributed by atoms with Gasteiger partial charge in [-0.1, -0.05) is 0 Å². The maximum absolute atomic E-state index is 12.1. The summed E-state index contributed by atoms with van der Waals surface area (Å²) in [4.78, 5) is 15.3. The van der Waals surface area contributed by atoms with E-state index >= 15 is 0 Å². The zero-order valence-electron chi connectivity index (χ0n) is 14.9. The molecule has 1 unspecified atom stereocenters. The van der Waals surface area contributed by atoms with Crippen molar-refractivity contribution in [2.24, 2.45) is 5.10 Å². The minimum atomic E-state index is -0.706. The molecule has 0 aliphatic carbocycles. The van der Waals surface area contributed by atoms with Crippen molar-refractivity contribution in [2.45, 2.75) is 13.0 Å². The molecule has 0 bridgehead atoms. The van der Waals surface area contributed by atoms with Crippen molar-refractivity contribution in [3.63, 3.8) is 0 Å². The normalized spacial score (nSPS) is 15.3. The van der Waals surface area contributed by atoms with Crippen LogP contribution < -0.4 is 15.1 Å². The van der Waals surface area contributed by atoms with Gasteiger partial charge < -0.3 is 14.4 Å². The molecule has 0 spiro atoms. The number of nitrogens with one attached hydrogen (secondary N) is 1. The number of amides is 1. The number of benzene rings is 1. The molecular formula is C19H20N4O3S. The summed E-state index contributed by atoms with van der Waals surface area (Å²) >= 11 is 1.62. The largest absolute Gasteiger partial charge is 0.481 e. The summed E-state index contributed by atoms with van der Waals surface area (Å²) in [6.45, 7) is 4.91. The minimum absolute atomic E-state index is 0.347. The number of nitriles is 1. The Morgan fingerprint density at radius 3 is 2.78 bits per heavy atom. The zero-order chi connectivity index (χ0) is 19.1. The SMILES string of the molecule is CC(Oc1ccc(C#N)cc1)C(=O)N/N=C/c1ccc(N2CCOCC2)s1. The van der Waals surface area contributed by atoms with Gasteiger partial charge in [0.15, 0.2) is 6.10 Å². The van der Waals surface area contributed by atoms with E-state index in [1.165, 1.54) is 5.00 Å². The number of nitrogens with zero attached hydrogens (tertiary/aromatic N) is 3. The maximum Gasteiger partial charge on any atom is 0.280 e. The van der Waals surface area contributed by atoms with Crippen LogP contribution in [-0.4, -0.2) is 44.5 Å². The van der Waals surface area contributed by atoms with E-state index in [1.807, 2.05) is 12.1 Å². The predicted molar refractivity (Wildman–Crippen MR) is 104 cm³/mol. The predicted octanol–water partition coefficient (Wildman–Crippen LogP) is 2.37. The Kier molecular flexibility index (Phi) is 6.41. The smallest absolute Gasteiger partial charge is 0.280 e. The van der Waals surface area contributed by atoms with Crippen molar-refractivity contribution in [1.29, 1.82) is 5.26 Å². The first kappa shape index (κ1) is 18.9. The molecule has 1 amide bonds. The van der Waals surface area contributed by atoms with Gasteiger partial charge in [0, 0.05) is 18.0 Å². The van der Waals surface area contributed by atoms with E-state index in [2.05, 4.69) is 21.5 Å². The number of rotatable bonds is 6. The lowest BCUT2D eigenvalue weighted by molar-refractivity contribution is -0.127. The third-order valence-corrected chi connectivity index (χ3v) is 5.05. The fourth-order valence-corrected chi connectivity index (χ4v) is 3.41. The number of ether oxygens (including phenoxy) is 2. The molecule has 1 saturated heterocycles. The van der Waals surface area contributed by atoms with Crippen molar-refractivity contribution < 1.29 is 14.3 Å². The third kappa shape index (κ3) is 5.29. The summed E-state index contributed by atoms with van der Waals surface area (Å²) in [5.74, 6) is 0.176. The Hall–Kier alpha value is -2.89. The molecule has 1 atom stereocenters. The standard InChI is InChI=1S/C19H20N4O3S/c1-14(26-16-4-2-15(12-20)3-5-16)19(24)22-21-13-17-6-7-18(27-17)23-8-10-25-11-9-23/h2-7,13-14H,8-11H2,1H3,(H,22,24)/b21-13+. The Morgan fingerprint density at radius 1 is 1.33 bits per heavy atom. The van der Waals surface area contributed by atoms with Crippen molar-refractivity contribution in [3.8, 4) is 11.8 Å². The number of hydrazone groups is 1. The van der Waals surface area contributed by atoms with Gasteiger partial charge >= 0.3 is 0 Å². The number of thiophene rings is 1. The van der Waals surface area contributed by atoms with Gasteiger partial charge in [0.05, 0.1) is 36.1 Å². The van der Waals surface area contributed by atoms with Gasteiger partial charge in [-0.2, -0.15) is 10.4 Å². The van der Waals surface area contributed by atoms with Crippen LogP contribution >= 0.6 is 11.3 Å². The quantitative estimate of drug-likeness (QED) is 0.610. The van der Waals surface area contributed by atoms with Crippen LogP contribution in [0.2, 0.25) is 0 Å². The highest BCUT2D eigenvalue weighted by atomic mass is 32.1. The van der Waals surface area contributed by atoms with Crippen molar-refractivity contribution in [3.05, 3.63) is 46.8 Å². The van der Waals surface area contributed by atoms with E-state index in [4.69, 9.17) is 14.7 Å². The molecule has 1 aliphatic heterocycles. The van der Waals surface area contributed by atoms with Crippen LogP contribution in [0.25, 0.3) is 0 Å². The van der Waals surface area contributed by atoms with Crippen molar-refractivity contribution >= 4 is 28.5 Å². The number of anilines is 1. The van der Waals surface area contributed by atoms with E-state index in [-0.39, 0.29) is 5.91 Å². The second-order valence-electron chi connectivity index (χ2n) is 5.91. The van der Waals surface area contributed by atoms with Crippen LogP contribution in [0.1, 0.15) is 17.4 Å². The van der Waals surface area contributed by atoms with Gasteiger partial charge in [0.25, 0.3) is 5.91 Å². The fourth-order valence-electron chi connectivity index (χ4n) is 2.48. The molecule has 1 aliphatic rings. The lowest BCUT2D eigenvalue weighted by Gasteiger charge is -2.27. The first-order chi connectivity index (χ1) is 13.2. The summed E-state index contributed by atoms with van der Waals surface area (Å²) < 4.78 is 10.9. The molecule has 1 aromatic carbocycles. The lowest BCUT2D eigenvalue weighted by Crippen LogP contribution is -2.35. The first-order valence-electron chi connectivity index (χ1n) is 8.58. The van der Waals surface area contributed by atoms with Gasteiger partial charge in [-0.25, -0.2) is 5.43 Å². The van der Waals surface area contributed by atoms with E-state index in [1.54, 1.807) is 48.7 Å². The van der Waals surface area contributed by atoms with Crippen molar-refractivity contribution in [2.75, 3.05) is 31.2 Å². The van der Waals surface area contributed by atoms with E-state index < -0.39 is 6.10 Å². The summed E-state index contributed by atoms with van der Waals surface area (Å²) in [6.07, 6.45) is 0.920. The molecule has 2 heterocycles. The van der Waals surface area contributed by atoms with Crippen LogP contribution in [0.4, 0.5) is 5.00 Å². The van der Waals surface area contributed by atoms with Crippen LogP contribution in [0, 0.1) is 11.3 Å². The fraction of sp³-hybridized carbons (Fsp3) is 0.316. The molecule has 1 N–H and O–H groups in total. The topological polar surface area (TPSA) is 86.9 Å². The van der Waals surface area contributed by atoms with Crippen LogP contribution in [0.15, 0.2) is 41.5 Å². The molecule has 0 saturated carbocycles. The second kappa shape index (κ2) is 9.16. The Balaban J connectivity index is 1.49. The molecule has 7 nitrogen and oxygen atoms in total. The van der Waals surface area contributed by atoms with E-state index in [0.717, 1.165) is 31.2 Å². The summed E-state index contributed by atoms with van der Waals surface area (Å²) in [5, 5.41) is 14.0. The van der Waals surface area contributed by atoms with Gasteiger partial charge in [0.2, 0.25) is 0 Å². The monoisotopic (exact) mass is 384 g/mol. The summed E-state index contributed by atoms with van der Waals surface area (Å²) in [7, 11) is 0. The van der Waals surface area contributed by atoms with E-state index in [0.29, 0.717) is 11.3 Å². The highest BCUT2D eigenvalue weighted by molar-refractivity contribution is 7.17. The third-order valence-electron chi connectivity index (χ3n) is 3.97. The van der Waals surface area contributed by atoms with Gasteiger partial charge in [0.1, 0.15) is 5.75 Å². The maximum atomic E-state index is 12.1. The zero-order valence-corrected chi connectivity index (χ0v) is 15.7. The molecule has 140 valence electrons. The Labute approximate surface area is 161 Å². The molecule has 1 fully saturated rings. The molecule has 0 radical (unpaired) electrons. The highest BCUT2D eigenvalue weighted by Gasteiger charge is 2.15.